The van der Waals surface area contributed by atoms with E-state index in [-0.39, 0.29) is 12.5 Å². The molecule has 2 heterocycles. The third kappa shape index (κ3) is 4.87. The highest BCUT2D eigenvalue weighted by molar-refractivity contribution is 7.14. The fraction of sp³-hybridized carbons (Fsp3) is 0.211. The molecule has 0 atom stereocenters. The largest absolute Gasteiger partial charge is 0.484 e. The van der Waals surface area contributed by atoms with Crippen molar-refractivity contribution in [2.75, 3.05) is 11.9 Å². The summed E-state index contributed by atoms with van der Waals surface area (Å²) in [5, 5.41) is 5.15. The molecule has 1 N–H and O–H groups in total. The first kappa shape index (κ1) is 17.1. The third-order valence-corrected chi connectivity index (χ3v) is 4.27. The number of ether oxygens (including phenoxy) is 1. The van der Waals surface area contributed by atoms with Gasteiger partial charge in [0.1, 0.15) is 11.4 Å². The van der Waals surface area contributed by atoms with Crippen LogP contribution in [0.5, 0.6) is 5.75 Å². The Morgan fingerprint density at radius 1 is 1.16 bits per heavy atom. The molecule has 0 aliphatic heterocycles. The van der Waals surface area contributed by atoms with Crippen LogP contribution in [0.1, 0.15) is 18.9 Å². The zero-order chi connectivity index (χ0) is 17.5. The molecular weight excluding hydrogens is 334 g/mol. The highest BCUT2D eigenvalue weighted by Gasteiger charge is 2.09. The van der Waals surface area contributed by atoms with Crippen molar-refractivity contribution in [3.8, 4) is 17.1 Å². The molecule has 0 bridgehead atoms. The van der Waals surface area contributed by atoms with E-state index < -0.39 is 0 Å². The normalized spacial score (nSPS) is 10.4. The fourth-order valence-corrected chi connectivity index (χ4v) is 3.03. The first-order valence-corrected chi connectivity index (χ1v) is 9.01. The van der Waals surface area contributed by atoms with Gasteiger partial charge in [0.15, 0.2) is 11.7 Å². The Balaban J connectivity index is 1.52. The van der Waals surface area contributed by atoms with E-state index in [1.54, 1.807) is 6.20 Å². The first-order valence-electron chi connectivity index (χ1n) is 8.13. The summed E-state index contributed by atoms with van der Waals surface area (Å²) in [7, 11) is 0. The summed E-state index contributed by atoms with van der Waals surface area (Å²) < 4.78 is 5.52. The summed E-state index contributed by atoms with van der Waals surface area (Å²) in [6.07, 6.45) is 3.87. The van der Waals surface area contributed by atoms with E-state index in [0.29, 0.717) is 10.9 Å². The number of hydrogen-bond acceptors (Lipinski definition) is 5. The summed E-state index contributed by atoms with van der Waals surface area (Å²) in [5.41, 5.74) is 2.79. The maximum Gasteiger partial charge on any atom is 0.264 e. The molecule has 0 radical (unpaired) electrons. The number of carbonyl (C=O) groups is 1. The van der Waals surface area contributed by atoms with Gasteiger partial charge in [-0.25, -0.2) is 4.98 Å². The molecule has 0 unspecified atom stereocenters. The fourth-order valence-electron chi connectivity index (χ4n) is 2.31. The Bertz CT molecular complexity index is 816. The lowest BCUT2D eigenvalue weighted by Gasteiger charge is -2.06. The number of nitrogens with zero attached hydrogens (tertiary/aromatic N) is 2. The van der Waals surface area contributed by atoms with Crippen LogP contribution in [0.4, 0.5) is 5.13 Å². The standard InChI is InChI=1S/C19H19N3O2S/c1-2-5-14-7-9-15(10-8-14)24-12-18(23)22-19-21-17(13-25-19)16-6-3-4-11-20-16/h3-4,6-11,13H,2,5,12H2,1H3,(H,21,22,23). The van der Waals surface area contributed by atoms with E-state index in [4.69, 9.17) is 4.74 Å². The van der Waals surface area contributed by atoms with Crippen LogP contribution < -0.4 is 10.1 Å². The number of aryl methyl sites for hydroxylation is 1. The number of thiazole rings is 1. The Morgan fingerprint density at radius 3 is 2.72 bits per heavy atom. The van der Waals surface area contributed by atoms with Crippen molar-refractivity contribution >= 4 is 22.4 Å². The van der Waals surface area contributed by atoms with Gasteiger partial charge in [0.25, 0.3) is 5.91 Å². The van der Waals surface area contributed by atoms with Crippen LogP contribution in [0.15, 0.2) is 54.0 Å². The lowest BCUT2D eigenvalue weighted by atomic mass is 10.1. The minimum atomic E-state index is -0.237. The van der Waals surface area contributed by atoms with E-state index in [1.807, 2.05) is 47.8 Å². The second-order valence-electron chi connectivity index (χ2n) is 5.48. The lowest BCUT2D eigenvalue weighted by Crippen LogP contribution is -2.20. The number of hydrogen-bond donors (Lipinski definition) is 1. The van der Waals surface area contributed by atoms with Crippen molar-refractivity contribution in [1.29, 1.82) is 0 Å². The number of rotatable bonds is 7. The van der Waals surface area contributed by atoms with Gasteiger partial charge in [0, 0.05) is 11.6 Å². The number of benzene rings is 1. The van der Waals surface area contributed by atoms with Crippen LogP contribution in [-0.2, 0) is 11.2 Å². The molecule has 0 saturated heterocycles. The predicted octanol–water partition coefficient (Wildman–Crippen LogP) is 4.18. The minimum Gasteiger partial charge on any atom is -0.484 e. The molecule has 3 aromatic rings. The molecule has 1 aromatic carbocycles. The predicted molar refractivity (Wildman–Crippen MR) is 99.9 cm³/mol. The van der Waals surface area contributed by atoms with Crippen LogP contribution in [0, 0.1) is 0 Å². The summed E-state index contributed by atoms with van der Waals surface area (Å²) >= 11 is 1.36. The second kappa shape index (κ2) is 8.39. The average molecular weight is 353 g/mol. The average Bonchev–Trinajstić information content (AvgIpc) is 3.11. The molecule has 6 heteroatoms. The zero-order valence-electron chi connectivity index (χ0n) is 13.9. The zero-order valence-corrected chi connectivity index (χ0v) is 14.8. The van der Waals surface area contributed by atoms with Gasteiger partial charge in [-0.1, -0.05) is 31.5 Å². The number of aromatic nitrogens is 2. The topological polar surface area (TPSA) is 64.1 Å². The lowest BCUT2D eigenvalue weighted by molar-refractivity contribution is -0.118. The van der Waals surface area contributed by atoms with Gasteiger partial charge in [-0.3, -0.25) is 15.1 Å². The van der Waals surface area contributed by atoms with Gasteiger partial charge in [0.05, 0.1) is 5.69 Å². The molecular formula is C19H19N3O2S. The Kier molecular flexibility index (Phi) is 5.74. The van der Waals surface area contributed by atoms with Gasteiger partial charge < -0.3 is 4.74 Å². The van der Waals surface area contributed by atoms with Crippen molar-refractivity contribution in [3.05, 3.63) is 59.6 Å². The van der Waals surface area contributed by atoms with Crippen molar-refractivity contribution in [2.24, 2.45) is 0 Å². The number of nitrogens with one attached hydrogen (secondary N) is 1. The summed E-state index contributed by atoms with van der Waals surface area (Å²) in [6.45, 7) is 2.10. The summed E-state index contributed by atoms with van der Waals surface area (Å²) in [4.78, 5) is 20.6. The van der Waals surface area contributed by atoms with Crippen molar-refractivity contribution in [1.82, 2.24) is 9.97 Å². The van der Waals surface area contributed by atoms with Crippen LogP contribution in [-0.4, -0.2) is 22.5 Å². The molecule has 0 aliphatic rings. The molecule has 0 aliphatic carbocycles. The number of carbonyl (C=O) groups excluding carboxylic acids is 1. The maximum atomic E-state index is 12.0. The van der Waals surface area contributed by atoms with Crippen LogP contribution in [0.25, 0.3) is 11.4 Å². The molecule has 1 amide bonds. The van der Waals surface area contributed by atoms with Crippen molar-refractivity contribution in [2.45, 2.75) is 19.8 Å². The monoisotopic (exact) mass is 353 g/mol. The Hall–Kier alpha value is -2.73. The van der Waals surface area contributed by atoms with Crippen LogP contribution in [0.2, 0.25) is 0 Å². The van der Waals surface area contributed by atoms with Crippen molar-refractivity contribution in [3.63, 3.8) is 0 Å². The van der Waals surface area contributed by atoms with E-state index in [9.17, 15) is 4.79 Å². The van der Waals surface area contributed by atoms with Crippen molar-refractivity contribution < 1.29 is 9.53 Å². The Labute approximate surface area is 150 Å². The molecule has 0 spiro atoms. The molecule has 128 valence electrons. The number of pyridine rings is 1. The third-order valence-electron chi connectivity index (χ3n) is 3.51. The second-order valence-corrected chi connectivity index (χ2v) is 6.34. The maximum absolute atomic E-state index is 12.0. The molecule has 2 aromatic heterocycles. The smallest absolute Gasteiger partial charge is 0.264 e. The quantitative estimate of drug-likeness (QED) is 0.692. The van der Waals surface area contributed by atoms with Crippen LogP contribution in [0.3, 0.4) is 0 Å². The molecule has 5 nitrogen and oxygen atoms in total. The van der Waals surface area contributed by atoms with E-state index in [2.05, 4.69) is 22.2 Å². The van der Waals surface area contributed by atoms with Gasteiger partial charge >= 0.3 is 0 Å². The van der Waals surface area contributed by atoms with Gasteiger partial charge in [-0.15, -0.1) is 11.3 Å². The summed E-state index contributed by atoms with van der Waals surface area (Å²) in [5.74, 6) is 0.447. The highest BCUT2D eigenvalue weighted by atomic mass is 32.1. The van der Waals surface area contributed by atoms with Gasteiger partial charge in [-0.05, 0) is 36.2 Å². The molecule has 25 heavy (non-hydrogen) atoms. The minimum absolute atomic E-state index is 0.0500. The van der Waals surface area contributed by atoms with E-state index in [1.165, 1.54) is 16.9 Å². The molecule has 0 saturated carbocycles. The van der Waals surface area contributed by atoms with E-state index >= 15 is 0 Å². The first-order chi connectivity index (χ1) is 12.2. The summed E-state index contributed by atoms with van der Waals surface area (Å²) in [6, 6.07) is 13.5. The highest BCUT2D eigenvalue weighted by Crippen LogP contribution is 2.23. The molecule has 3 rings (SSSR count). The SMILES string of the molecule is CCCc1ccc(OCC(=O)Nc2nc(-c3ccccn3)cs2)cc1. The van der Waals surface area contributed by atoms with Gasteiger partial charge in [0.2, 0.25) is 0 Å². The van der Waals surface area contributed by atoms with Gasteiger partial charge in [-0.2, -0.15) is 0 Å². The number of anilines is 1. The number of amides is 1. The van der Waals surface area contributed by atoms with Crippen LogP contribution >= 0.6 is 11.3 Å². The van der Waals surface area contributed by atoms with E-state index in [0.717, 1.165) is 24.2 Å². The Morgan fingerprint density at radius 2 is 2.00 bits per heavy atom. The molecule has 0 fully saturated rings.